The normalized spacial score (nSPS) is 19.0. The average Bonchev–Trinajstić information content (AvgIpc) is 2.45. The van der Waals surface area contributed by atoms with Gasteiger partial charge in [0.15, 0.2) is 0 Å². The Hall–Kier alpha value is -1.85. The van der Waals surface area contributed by atoms with E-state index in [1.165, 1.54) is 12.1 Å². The number of nitrogens with zero attached hydrogens (tertiary/aromatic N) is 1. The van der Waals surface area contributed by atoms with Crippen molar-refractivity contribution in [1.82, 2.24) is 4.90 Å². The van der Waals surface area contributed by atoms with Gasteiger partial charge >= 0.3 is 5.97 Å². The summed E-state index contributed by atoms with van der Waals surface area (Å²) in [6.07, 6.45) is 3.38. The van der Waals surface area contributed by atoms with Crippen LogP contribution >= 0.6 is 11.6 Å². The summed E-state index contributed by atoms with van der Waals surface area (Å²) in [4.78, 5) is 24.4. The van der Waals surface area contributed by atoms with Crippen molar-refractivity contribution in [2.75, 3.05) is 13.1 Å². The van der Waals surface area contributed by atoms with E-state index in [1.54, 1.807) is 17.0 Å². The Morgan fingerprint density at radius 3 is 2.76 bits per heavy atom. The smallest absolute Gasteiger partial charge is 0.328 e. The number of hydrogen-bond donors (Lipinski definition) is 2. The molecule has 1 aliphatic heterocycles. The summed E-state index contributed by atoms with van der Waals surface area (Å²) < 4.78 is 0. The number of rotatable bonds is 3. The van der Waals surface area contributed by atoms with E-state index in [0.29, 0.717) is 35.7 Å². The van der Waals surface area contributed by atoms with Gasteiger partial charge in [0.05, 0.1) is 6.10 Å². The Bertz CT molecular complexity index is 585. The number of β-amino-alcohol motifs (C(OH)–C–C–N with tert-alkyl or cyclic N) is 1. The van der Waals surface area contributed by atoms with Gasteiger partial charge in [-0.05, 0) is 36.6 Å². The molecule has 2 rings (SSSR count). The molecular weight excluding hydrogens is 294 g/mol. The molecule has 6 heteroatoms. The molecule has 0 aliphatic carbocycles. The van der Waals surface area contributed by atoms with Gasteiger partial charge in [0, 0.05) is 29.8 Å². The van der Waals surface area contributed by atoms with Gasteiger partial charge in [-0.1, -0.05) is 17.7 Å². The number of halogens is 1. The highest BCUT2D eigenvalue weighted by atomic mass is 35.5. The third-order valence-corrected chi connectivity index (χ3v) is 3.66. The van der Waals surface area contributed by atoms with Crippen LogP contribution in [0.15, 0.2) is 24.3 Å². The Labute approximate surface area is 127 Å². The summed E-state index contributed by atoms with van der Waals surface area (Å²) >= 11 is 6.06. The van der Waals surface area contributed by atoms with Gasteiger partial charge in [0.2, 0.25) is 0 Å². The topological polar surface area (TPSA) is 77.8 Å². The maximum atomic E-state index is 12.3. The number of carboxylic acid groups (broad SMARTS) is 1. The molecular formula is C15H16ClNO4. The second-order valence-electron chi connectivity index (χ2n) is 4.96. The van der Waals surface area contributed by atoms with Crippen molar-refractivity contribution in [2.24, 2.45) is 0 Å². The van der Waals surface area contributed by atoms with E-state index in [-0.39, 0.29) is 5.91 Å². The van der Waals surface area contributed by atoms with Crippen LogP contribution in [0, 0.1) is 0 Å². The van der Waals surface area contributed by atoms with Crippen molar-refractivity contribution >= 4 is 29.6 Å². The Morgan fingerprint density at radius 1 is 1.38 bits per heavy atom. The predicted molar refractivity (Wildman–Crippen MR) is 79.3 cm³/mol. The quantitative estimate of drug-likeness (QED) is 0.838. The molecule has 0 saturated carbocycles. The molecule has 0 aromatic heterocycles. The summed E-state index contributed by atoms with van der Waals surface area (Å²) in [5.74, 6) is -1.24. The number of aliphatic hydroxyl groups is 1. The van der Waals surface area contributed by atoms with Crippen LogP contribution in [0.25, 0.3) is 6.08 Å². The van der Waals surface area contributed by atoms with Crippen LogP contribution in [-0.2, 0) is 4.79 Å². The third kappa shape index (κ3) is 4.06. The minimum Gasteiger partial charge on any atom is -0.478 e. The number of aliphatic hydroxyl groups excluding tert-OH is 1. The van der Waals surface area contributed by atoms with Gasteiger partial charge < -0.3 is 15.1 Å². The second-order valence-corrected chi connectivity index (χ2v) is 5.36. The van der Waals surface area contributed by atoms with Gasteiger partial charge in [-0.15, -0.1) is 0 Å². The Morgan fingerprint density at radius 2 is 2.14 bits per heavy atom. The Balaban J connectivity index is 2.15. The van der Waals surface area contributed by atoms with E-state index in [9.17, 15) is 14.7 Å². The first-order chi connectivity index (χ1) is 9.97. The molecule has 1 saturated heterocycles. The third-order valence-electron chi connectivity index (χ3n) is 3.34. The molecule has 0 radical (unpaired) electrons. The number of likely N-dealkylation sites (tertiary alicyclic amines) is 1. The molecule has 0 bridgehead atoms. The first kappa shape index (κ1) is 15.5. The summed E-state index contributed by atoms with van der Waals surface area (Å²) in [7, 11) is 0. The molecule has 1 atom stereocenters. The molecule has 0 spiro atoms. The van der Waals surface area contributed by atoms with Crippen molar-refractivity contribution in [3.63, 3.8) is 0 Å². The van der Waals surface area contributed by atoms with Crippen LogP contribution in [0.4, 0.5) is 0 Å². The Kier molecular flexibility index (Phi) is 4.98. The van der Waals surface area contributed by atoms with Crippen LogP contribution in [0.5, 0.6) is 0 Å². The summed E-state index contributed by atoms with van der Waals surface area (Å²) in [5, 5.41) is 18.5. The molecule has 21 heavy (non-hydrogen) atoms. The van der Waals surface area contributed by atoms with Crippen molar-refractivity contribution < 1.29 is 19.8 Å². The lowest BCUT2D eigenvalue weighted by molar-refractivity contribution is -0.131. The molecule has 1 fully saturated rings. The van der Waals surface area contributed by atoms with Gasteiger partial charge in [-0.2, -0.15) is 0 Å². The van der Waals surface area contributed by atoms with Crippen LogP contribution in [0.1, 0.15) is 28.8 Å². The predicted octanol–water partition coefficient (Wildman–Crippen LogP) is 2.03. The SMILES string of the molecule is O=C(O)/C=C/c1ccc(C(=O)N2CCCC(O)C2)cc1Cl. The fraction of sp³-hybridized carbons (Fsp3) is 0.333. The first-order valence-electron chi connectivity index (χ1n) is 6.65. The van der Waals surface area contributed by atoms with E-state index in [1.807, 2.05) is 0 Å². The van der Waals surface area contributed by atoms with Gasteiger partial charge in [0.1, 0.15) is 0 Å². The maximum Gasteiger partial charge on any atom is 0.328 e. The maximum absolute atomic E-state index is 12.3. The molecule has 1 aromatic rings. The minimum absolute atomic E-state index is 0.176. The fourth-order valence-electron chi connectivity index (χ4n) is 2.28. The van der Waals surface area contributed by atoms with Crippen LogP contribution in [0.2, 0.25) is 5.02 Å². The molecule has 1 unspecified atom stereocenters. The molecule has 5 nitrogen and oxygen atoms in total. The lowest BCUT2D eigenvalue weighted by Crippen LogP contribution is -2.42. The largest absolute Gasteiger partial charge is 0.478 e. The highest BCUT2D eigenvalue weighted by molar-refractivity contribution is 6.32. The van der Waals surface area contributed by atoms with Gasteiger partial charge in [-0.3, -0.25) is 4.79 Å². The van der Waals surface area contributed by atoms with Crippen LogP contribution < -0.4 is 0 Å². The number of amides is 1. The van der Waals surface area contributed by atoms with Crippen LogP contribution in [0.3, 0.4) is 0 Å². The van der Waals surface area contributed by atoms with E-state index in [0.717, 1.165) is 12.5 Å². The number of carbonyl (C=O) groups excluding carboxylic acids is 1. The molecule has 1 heterocycles. The van der Waals surface area contributed by atoms with Crippen molar-refractivity contribution in [2.45, 2.75) is 18.9 Å². The zero-order chi connectivity index (χ0) is 15.4. The molecule has 1 aliphatic rings. The zero-order valence-electron chi connectivity index (χ0n) is 11.3. The molecule has 112 valence electrons. The number of piperidine rings is 1. The van der Waals surface area contributed by atoms with Crippen LogP contribution in [-0.4, -0.2) is 46.2 Å². The standard InChI is InChI=1S/C15H16ClNO4/c16-13-8-11(4-3-10(13)5-6-14(19)20)15(21)17-7-1-2-12(18)9-17/h3-6,8,12,18H,1-2,7,9H2,(H,19,20)/b6-5+. The lowest BCUT2D eigenvalue weighted by atomic mass is 10.1. The van der Waals surface area contributed by atoms with E-state index >= 15 is 0 Å². The summed E-state index contributed by atoms with van der Waals surface area (Å²) in [6.45, 7) is 0.950. The monoisotopic (exact) mass is 309 g/mol. The van der Waals surface area contributed by atoms with E-state index in [2.05, 4.69) is 0 Å². The number of aliphatic carboxylic acids is 1. The molecule has 1 amide bonds. The summed E-state index contributed by atoms with van der Waals surface area (Å²) in [5.41, 5.74) is 0.968. The number of hydrogen-bond acceptors (Lipinski definition) is 3. The fourth-order valence-corrected chi connectivity index (χ4v) is 2.52. The average molecular weight is 310 g/mol. The van der Waals surface area contributed by atoms with Crippen molar-refractivity contribution in [3.05, 3.63) is 40.4 Å². The van der Waals surface area contributed by atoms with Crippen molar-refractivity contribution in [1.29, 1.82) is 0 Å². The second kappa shape index (κ2) is 6.74. The number of carboxylic acids is 1. The molecule has 1 aromatic carbocycles. The number of benzene rings is 1. The number of carbonyl (C=O) groups is 2. The van der Waals surface area contributed by atoms with E-state index < -0.39 is 12.1 Å². The molecule has 2 N–H and O–H groups in total. The zero-order valence-corrected chi connectivity index (χ0v) is 12.1. The van der Waals surface area contributed by atoms with Crippen molar-refractivity contribution in [3.8, 4) is 0 Å². The van der Waals surface area contributed by atoms with E-state index in [4.69, 9.17) is 16.7 Å². The van der Waals surface area contributed by atoms with Gasteiger partial charge in [0.25, 0.3) is 5.91 Å². The highest BCUT2D eigenvalue weighted by Crippen LogP contribution is 2.21. The first-order valence-corrected chi connectivity index (χ1v) is 7.03. The highest BCUT2D eigenvalue weighted by Gasteiger charge is 2.23. The lowest BCUT2D eigenvalue weighted by Gasteiger charge is -2.30. The summed E-state index contributed by atoms with van der Waals surface area (Å²) in [6, 6.07) is 4.73. The van der Waals surface area contributed by atoms with Gasteiger partial charge in [-0.25, -0.2) is 4.79 Å². The minimum atomic E-state index is -1.06.